The molecule has 0 aliphatic rings. The van der Waals surface area contributed by atoms with Gasteiger partial charge in [0.1, 0.15) is 0 Å². The Balaban J connectivity index is 1.73. The number of nitro groups is 1. The van der Waals surface area contributed by atoms with Gasteiger partial charge in [-0.3, -0.25) is 10.1 Å². The average Bonchev–Trinajstić information content (AvgIpc) is 3.12. The van der Waals surface area contributed by atoms with Gasteiger partial charge in [-0.15, -0.1) is 10.2 Å². The molecule has 2 aromatic carbocycles. The number of carbonyl (C=O) groups is 1. The number of benzene rings is 2. The molecule has 26 heavy (non-hydrogen) atoms. The van der Waals surface area contributed by atoms with Crippen LogP contribution in [0.15, 0.2) is 52.9 Å². The number of nitro benzene ring substituents is 1. The average molecular weight is 374 g/mol. The van der Waals surface area contributed by atoms with Crippen molar-refractivity contribution in [1.29, 1.82) is 0 Å². The zero-order chi connectivity index (χ0) is 18.7. The first-order chi connectivity index (χ1) is 12.5. The van der Waals surface area contributed by atoms with Gasteiger partial charge in [-0.25, -0.2) is 4.79 Å². The first-order valence-corrected chi connectivity index (χ1v) is 7.87. The zero-order valence-corrected chi connectivity index (χ0v) is 14.2. The Bertz CT molecular complexity index is 955. The molecule has 3 rings (SSSR count). The standard InChI is InChI=1S/C17H12ClN3O5/c1-10(25-17(22)13-4-2-3-5-14(13)18)15-19-20-16(26-15)11-6-8-12(9-7-11)21(23)24/h2-10H,1H3. The first kappa shape index (κ1) is 17.6. The van der Waals surface area contributed by atoms with Gasteiger partial charge in [-0.1, -0.05) is 23.7 Å². The lowest BCUT2D eigenvalue weighted by Crippen LogP contribution is -2.10. The number of rotatable bonds is 5. The molecule has 9 heteroatoms. The fourth-order valence-corrected chi connectivity index (χ4v) is 2.36. The van der Waals surface area contributed by atoms with E-state index in [-0.39, 0.29) is 28.1 Å². The van der Waals surface area contributed by atoms with Crippen LogP contribution < -0.4 is 0 Å². The molecular weight excluding hydrogens is 362 g/mol. The predicted octanol–water partition coefficient (Wildman–Crippen LogP) is 4.22. The lowest BCUT2D eigenvalue weighted by Gasteiger charge is -2.10. The van der Waals surface area contributed by atoms with Crippen molar-refractivity contribution in [3.05, 3.63) is 75.1 Å². The molecule has 0 aliphatic carbocycles. The van der Waals surface area contributed by atoms with Gasteiger partial charge in [0.15, 0.2) is 6.10 Å². The molecule has 132 valence electrons. The Hall–Kier alpha value is -3.26. The smallest absolute Gasteiger partial charge is 0.340 e. The van der Waals surface area contributed by atoms with Crippen LogP contribution in [0, 0.1) is 10.1 Å². The molecule has 8 nitrogen and oxygen atoms in total. The van der Waals surface area contributed by atoms with E-state index in [2.05, 4.69) is 10.2 Å². The van der Waals surface area contributed by atoms with E-state index in [0.29, 0.717) is 5.56 Å². The maximum Gasteiger partial charge on any atom is 0.340 e. The predicted molar refractivity (Wildman–Crippen MR) is 91.7 cm³/mol. The van der Waals surface area contributed by atoms with Gasteiger partial charge in [-0.05, 0) is 31.2 Å². The third-order valence-electron chi connectivity index (χ3n) is 3.49. The monoisotopic (exact) mass is 373 g/mol. The molecule has 1 heterocycles. The van der Waals surface area contributed by atoms with Gasteiger partial charge < -0.3 is 9.15 Å². The number of nitrogens with zero attached hydrogens (tertiary/aromatic N) is 3. The van der Waals surface area contributed by atoms with E-state index in [1.165, 1.54) is 24.3 Å². The number of esters is 1. The Morgan fingerprint density at radius 2 is 1.88 bits per heavy atom. The lowest BCUT2D eigenvalue weighted by molar-refractivity contribution is -0.384. The highest BCUT2D eigenvalue weighted by molar-refractivity contribution is 6.33. The highest BCUT2D eigenvalue weighted by atomic mass is 35.5. The summed E-state index contributed by atoms with van der Waals surface area (Å²) in [5, 5.41) is 18.7. The summed E-state index contributed by atoms with van der Waals surface area (Å²) >= 11 is 5.97. The summed E-state index contributed by atoms with van der Waals surface area (Å²) in [7, 11) is 0. The van der Waals surface area contributed by atoms with Crippen molar-refractivity contribution in [2.75, 3.05) is 0 Å². The van der Waals surface area contributed by atoms with Crippen molar-refractivity contribution >= 4 is 23.3 Å². The molecule has 0 N–H and O–H groups in total. The van der Waals surface area contributed by atoms with Crippen LogP contribution in [0.25, 0.3) is 11.5 Å². The molecule has 0 saturated heterocycles. The topological polar surface area (TPSA) is 108 Å². The minimum Gasteiger partial charge on any atom is -0.449 e. The molecule has 1 aromatic heterocycles. The lowest BCUT2D eigenvalue weighted by atomic mass is 10.2. The van der Waals surface area contributed by atoms with E-state index in [0.717, 1.165) is 0 Å². The molecule has 3 aromatic rings. The second-order valence-corrected chi connectivity index (χ2v) is 5.68. The normalized spacial score (nSPS) is 11.8. The molecule has 0 amide bonds. The number of halogens is 1. The van der Waals surface area contributed by atoms with Crippen LogP contribution in [-0.2, 0) is 4.74 Å². The Labute approximate surface area is 152 Å². The van der Waals surface area contributed by atoms with Crippen LogP contribution in [0.4, 0.5) is 5.69 Å². The number of hydrogen-bond acceptors (Lipinski definition) is 7. The highest BCUT2D eigenvalue weighted by Crippen LogP contribution is 2.25. The fourth-order valence-electron chi connectivity index (χ4n) is 2.14. The summed E-state index contributed by atoms with van der Waals surface area (Å²) in [6, 6.07) is 12.2. The third-order valence-corrected chi connectivity index (χ3v) is 3.82. The fraction of sp³-hybridized carbons (Fsp3) is 0.118. The molecule has 1 atom stereocenters. The van der Waals surface area contributed by atoms with Crippen molar-refractivity contribution in [2.45, 2.75) is 13.0 Å². The van der Waals surface area contributed by atoms with Crippen molar-refractivity contribution in [2.24, 2.45) is 0 Å². The summed E-state index contributed by atoms with van der Waals surface area (Å²) in [6.45, 7) is 1.59. The van der Waals surface area contributed by atoms with Crippen LogP contribution in [0.2, 0.25) is 5.02 Å². The number of aromatic nitrogens is 2. The van der Waals surface area contributed by atoms with Gasteiger partial charge in [0, 0.05) is 17.7 Å². The van der Waals surface area contributed by atoms with Crippen LogP contribution in [0.3, 0.4) is 0 Å². The van der Waals surface area contributed by atoms with Crippen molar-refractivity contribution in [3.8, 4) is 11.5 Å². The third kappa shape index (κ3) is 3.70. The van der Waals surface area contributed by atoms with Gasteiger partial charge >= 0.3 is 5.97 Å². The Morgan fingerprint density at radius 3 is 2.54 bits per heavy atom. The molecule has 0 aliphatic heterocycles. The van der Waals surface area contributed by atoms with E-state index in [4.69, 9.17) is 20.8 Å². The Morgan fingerprint density at radius 1 is 1.19 bits per heavy atom. The number of non-ortho nitro benzene ring substituents is 1. The molecule has 1 unspecified atom stereocenters. The largest absolute Gasteiger partial charge is 0.449 e. The summed E-state index contributed by atoms with van der Waals surface area (Å²) in [6.07, 6.45) is -0.793. The molecular formula is C17H12ClN3O5. The maximum absolute atomic E-state index is 12.2. The quantitative estimate of drug-likeness (QED) is 0.374. The zero-order valence-electron chi connectivity index (χ0n) is 13.5. The van der Waals surface area contributed by atoms with Crippen LogP contribution in [-0.4, -0.2) is 21.1 Å². The van der Waals surface area contributed by atoms with Crippen molar-refractivity contribution in [1.82, 2.24) is 10.2 Å². The highest BCUT2D eigenvalue weighted by Gasteiger charge is 2.21. The SMILES string of the molecule is CC(OC(=O)c1ccccc1Cl)c1nnc(-c2ccc([N+](=O)[O-])cc2)o1. The van der Waals surface area contributed by atoms with Crippen molar-refractivity contribution in [3.63, 3.8) is 0 Å². The Kier molecular flexibility index (Phi) is 4.94. The number of carbonyl (C=O) groups excluding carboxylic acids is 1. The first-order valence-electron chi connectivity index (χ1n) is 7.49. The molecule has 0 saturated carbocycles. The van der Waals surface area contributed by atoms with E-state index in [9.17, 15) is 14.9 Å². The van der Waals surface area contributed by atoms with E-state index in [1.807, 2.05) is 0 Å². The minimum absolute atomic E-state index is 0.0458. The van der Waals surface area contributed by atoms with Crippen molar-refractivity contribution < 1.29 is 18.9 Å². The van der Waals surface area contributed by atoms with Gasteiger partial charge in [-0.2, -0.15) is 0 Å². The summed E-state index contributed by atoms with van der Waals surface area (Å²) in [5.41, 5.74) is 0.700. The van der Waals surface area contributed by atoms with E-state index < -0.39 is 17.0 Å². The van der Waals surface area contributed by atoms with Crippen LogP contribution in [0.5, 0.6) is 0 Å². The van der Waals surface area contributed by atoms with Gasteiger partial charge in [0.05, 0.1) is 15.5 Å². The summed E-state index contributed by atoms with van der Waals surface area (Å²) < 4.78 is 10.8. The van der Waals surface area contributed by atoms with E-state index >= 15 is 0 Å². The molecule has 0 spiro atoms. The molecule has 0 bridgehead atoms. The van der Waals surface area contributed by atoms with Gasteiger partial charge in [0.25, 0.3) is 11.6 Å². The van der Waals surface area contributed by atoms with E-state index in [1.54, 1.807) is 31.2 Å². The molecule has 0 radical (unpaired) electrons. The molecule has 0 fully saturated rings. The van der Waals surface area contributed by atoms with Crippen LogP contribution >= 0.6 is 11.6 Å². The summed E-state index contributed by atoms with van der Waals surface area (Å²) in [4.78, 5) is 22.3. The van der Waals surface area contributed by atoms with Crippen LogP contribution in [0.1, 0.15) is 29.3 Å². The number of ether oxygens (including phenoxy) is 1. The van der Waals surface area contributed by atoms with Gasteiger partial charge in [0.2, 0.25) is 5.89 Å². The second-order valence-electron chi connectivity index (χ2n) is 5.28. The summed E-state index contributed by atoms with van der Waals surface area (Å²) in [5.74, 6) is -0.354. The number of hydrogen-bond donors (Lipinski definition) is 0. The maximum atomic E-state index is 12.2. The second kappa shape index (κ2) is 7.32. The minimum atomic E-state index is -0.793.